The maximum absolute atomic E-state index is 6.05. The fraction of sp³-hybridized carbons (Fsp3) is 0.538. The highest BCUT2D eigenvalue weighted by molar-refractivity contribution is 9.10. The molecular weight excluding hydrogens is 272 g/mol. The Morgan fingerprint density at radius 1 is 1.27 bits per heavy atom. The summed E-state index contributed by atoms with van der Waals surface area (Å²) in [4.78, 5) is 0. The number of benzene rings is 1. The average molecular weight is 290 g/mol. The Kier molecular flexibility index (Phi) is 4.66. The Morgan fingerprint density at radius 2 is 1.80 bits per heavy atom. The van der Waals surface area contributed by atoms with Crippen LogP contribution in [-0.4, -0.2) is 5.38 Å². The van der Waals surface area contributed by atoms with Gasteiger partial charge in [0.15, 0.2) is 0 Å². The van der Waals surface area contributed by atoms with E-state index in [1.807, 2.05) is 0 Å². The van der Waals surface area contributed by atoms with E-state index in [1.165, 1.54) is 5.56 Å². The van der Waals surface area contributed by atoms with E-state index >= 15 is 0 Å². The number of hydrogen-bond acceptors (Lipinski definition) is 0. The molecule has 0 aromatic heterocycles. The number of halogens is 2. The SMILES string of the molecule is CC(Cl)CC(C)(C)Cc1ccc(Br)cc1. The van der Waals surface area contributed by atoms with Crippen molar-refractivity contribution in [3.8, 4) is 0 Å². The third-order valence-corrected chi connectivity index (χ3v) is 3.11. The van der Waals surface area contributed by atoms with Crippen molar-refractivity contribution < 1.29 is 0 Å². The first-order valence-corrected chi connectivity index (χ1v) is 6.50. The average Bonchev–Trinajstić information content (AvgIpc) is 2.06. The first-order chi connectivity index (χ1) is 6.89. The molecule has 0 saturated heterocycles. The van der Waals surface area contributed by atoms with Crippen LogP contribution in [-0.2, 0) is 6.42 Å². The van der Waals surface area contributed by atoms with E-state index in [-0.39, 0.29) is 10.8 Å². The van der Waals surface area contributed by atoms with Gasteiger partial charge in [-0.2, -0.15) is 0 Å². The lowest BCUT2D eigenvalue weighted by atomic mass is 9.82. The molecule has 1 atom stereocenters. The Bertz CT molecular complexity index is 301. The normalized spacial score (nSPS) is 13.9. The molecule has 0 amide bonds. The predicted octanol–water partition coefficient (Wildman–Crippen LogP) is 5.04. The molecule has 0 aliphatic heterocycles. The molecule has 0 aliphatic rings. The van der Waals surface area contributed by atoms with Crippen LogP contribution in [0.15, 0.2) is 28.7 Å². The van der Waals surface area contributed by atoms with Crippen molar-refractivity contribution in [3.63, 3.8) is 0 Å². The van der Waals surface area contributed by atoms with E-state index < -0.39 is 0 Å². The van der Waals surface area contributed by atoms with Gasteiger partial charge in [0.2, 0.25) is 0 Å². The van der Waals surface area contributed by atoms with Gasteiger partial charge in [-0.25, -0.2) is 0 Å². The quantitative estimate of drug-likeness (QED) is 0.682. The number of rotatable bonds is 4. The lowest BCUT2D eigenvalue weighted by Gasteiger charge is -2.26. The van der Waals surface area contributed by atoms with Crippen LogP contribution >= 0.6 is 27.5 Å². The van der Waals surface area contributed by atoms with Gasteiger partial charge in [-0.15, -0.1) is 11.6 Å². The molecule has 1 rings (SSSR count). The lowest BCUT2D eigenvalue weighted by Crippen LogP contribution is -2.18. The summed E-state index contributed by atoms with van der Waals surface area (Å²) in [6, 6.07) is 8.53. The molecule has 0 saturated carbocycles. The minimum absolute atomic E-state index is 0.246. The van der Waals surface area contributed by atoms with E-state index in [0.717, 1.165) is 17.3 Å². The highest BCUT2D eigenvalue weighted by Gasteiger charge is 2.20. The largest absolute Gasteiger partial charge is 0.123 e. The van der Waals surface area contributed by atoms with Gasteiger partial charge in [0.1, 0.15) is 0 Å². The molecule has 0 heterocycles. The molecule has 2 heteroatoms. The molecule has 0 nitrogen and oxygen atoms in total. The summed E-state index contributed by atoms with van der Waals surface area (Å²) < 4.78 is 1.13. The van der Waals surface area contributed by atoms with Crippen LogP contribution in [0.25, 0.3) is 0 Å². The number of hydrogen-bond donors (Lipinski definition) is 0. The summed E-state index contributed by atoms with van der Waals surface area (Å²) in [7, 11) is 0. The Morgan fingerprint density at radius 3 is 2.27 bits per heavy atom. The second kappa shape index (κ2) is 5.36. The summed E-state index contributed by atoms with van der Waals surface area (Å²) >= 11 is 9.49. The van der Waals surface area contributed by atoms with E-state index in [9.17, 15) is 0 Å². The first kappa shape index (κ1) is 13.1. The second-order valence-corrected chi connectivity index (χ2v) is 6.61. The van der Waals surface area contributed by atoms with Crippen LogP contribution in [0, 0.1) is 5.41 Å². The van der Waals surface area contributed by atoms with Gasteiger partial charge in [0.25, 0.3) is 0 Å². The van der Waals surface area contributed by atoms with Crippen LogP contribution < -0.4 is 0 Å². The monoisotopic (exact) mass is 288 g/mol. The summed E-state index contributed by atoms with van der Waals surface area (Å²) in [5, 5.41) is 0.246. The van der Waals surface area contributed by atoms with E-state index in [0.29, 0.717) is 0 Å². The van der Waals surface area contributed by atoms with Crippen LogP contribution in [0.3, 0.4) is 0 Å². The van der Waals surface area contributed by atoms with Gasteiger partial charge in [-0.3, -0.25) is 0 Å². The van der Waals surface area contributed by atoms with Gasteiger partial charge >= 0.3 is 0 Å². The van der Waals surface area contributed by atoms with Gasteiger partial charge in [-0.1, -0.05) is 41.9 Å². The van der Waals surface area contributed by atoms with Crippen molar-refractivity contribution >= 4 is 27.5 Å². The van der Waals surface area contributed by atoms with Crippen molar-refractivity contribution in [1.82, 2.24) is 0 Å². The Hall–Kier alpha value is -0.0100. The molecule has 84 valence electrons. The zero-order chi connectivity index (χ0) is 11.5. The van der Waals surface area contributed by atoms with Gasteiger partial charge in [-0.05, 0) is 42.9 Å². The summed E-state index contributed by atoms with van der Waals surface area (Å²) in [6.07, 6.45) is 2.13. The van der Waals surface area contributed by atoms with Crippen molar-refractivity contribution in [2.45, 2.75) is 39.0 Å². The molecule has 1 aromatic rings. The van der Waals surface area contributed by atoms with Crippen LogP contribution in [0.1, 0.15) is 32.8 Å². The highest BCUT2D eigenvalue weighted by Crippen LogP contribution is 2.29. The van der Waals surface area contributed by atoms with Crippen molar-refractivity contribution in [2.75, 3.05) is 0 Å². The molecule has 0 spiro atoms. The number of alkyl halides is 1. The highest BCUT2D eigenvalue weighted by atomic mass is 79.9. The van der Waals surface area contributed by atoms with Crippen molar-refractivity contribution in [3.05, 3.63) is 34.3 Å². The third kappa shape index (κ3) is 5.03. The summed E-state index contributed by atoms with van der Waals surface area (Å²) in [5.41, 5.74) is 1.65. The molecule has 1 aromatic carbocycles. The molecule has 0 bridgehead atoms. The molecule has 15 heavy (non-hydrogen) atoms. The fourth-order valence-corrected chi connectivity index (χ4v) is 2.67. The van der Waals surface area contributed by atoms with Crippen molar-refractivity contribution in [1.29, 1.82) is 0 Å². The Balaban J connectivity index is 2.64. The Labute approximate surface area is 106 Å². The topological polar surface area (TPSA) is 0 Å². The summed E-state index contributed by atoms with van der Waals surface area (Å²) in [6.45, 7) is 6.60. The zero-order valence-electron chi connectivity index (χ0n) is 9.56. The molecule has 0 radical (unpaired) electrons. The predicted molar refractivity (Wildman–Crippen MR) is 71.6 cm³/mol. The third-order valence-electron chi connectivity index (χ3n) is 2.43. The minimum atomic E-state index is 0.246. The summed E-state index contributed by atoms with van der Waals surface area (Å²) in [5.74, 6) is 0. The second-order valence-electron chi connectivity index (χ2n) is 4.95. The van der Waals surface area contributed by atoms with Crippen LogP contribution in [0.4, 0.5) is 0 Å². The maximum Gasteiger partial charge on any atom is 0.0313 e. The van der Waals surface area contributed by atoms with E-state index in [2.05, 4.69) is 61.0 Å². The molecule has 1 unspecified atom stereocenters. The zero-order valence-corrected chi connectivity index (χ0v) is 11.9. The van der Waals surface area contributed by atoms with E-state index in [1.54, 1.807) is 0 Å². The van der Waals surface area contributed by atoms with Crippen LogP contribution in [0.5, 0.6) is 0 Å². The minimum Gasteiger partial charge on any atom is -0.123 e. The van der Waals surface area contributed by atoms with Gasteiger partial charge in [0, 0.05) is 9.85 Å². The molecule has 0 aliphatic carbocycles. The molecule has 0 fully saturated rings. The molecule has 0 N–H and O–H groups in total. The smallest absolute Gasteiger partial charge is 0.0313 e. The standard InChI is InChI=1S/C13H18BrCl/c1-10(15)8-13(2,3)9-11-4-6-12(14)7-5-11/h4-7,10H,8-9H2,1-3H3. The van der Waals surface area contributed by atoms with Gasteiger partial charge in [0.05, 0.1) is 0 Å². The van der Waals surface area contributed by atoms with E-state index in [4.69, 9.17) is 11.6 Å². The first-order valence-electron chi connectivity index (χ1n) is 5.27. The molecular formula is C13H18BrCl. The van der Waals surface area contributed by atoms with Crippen LogP contribution in [0.2, 0.25) is 0 Å². The lowest BCUT2D eigenvalue weighted by molar-refractivity contribution is 0.331. The maximum atomic E-state index is 6.05. The van der Waals surface area contributed by atoms with Gasteiger partial charge < -0.3 is 0 Å². The fourth-order valence-electron chi connectivity index (χ4n) is 1.99. The van der Waals surface area contributed by atoms with Crippen molar-refractivity contribution in [2.24, 2.45) is 5.41 Å².